The van der Waals surface area contributed by atoms with Crippen LogP contribution in [-0.2, 0) is 25.5 Å². The Morgan fingerprint density at radius 1 is 1.00 bits per heavy atom. The molecule has 6 rings (SSSR count). The predicted octanol–water partition coefficient (Wildman–Crippen LogP) is 4.52. The van der Waals surface area contributed by atoms with Crippen molar-refractivity contribution in [1.29, 1.82) is 0 Å². The number of hydrogen-bond acceptors (Lipinski definition) is 9. The Bertz CT molecular complexity index is 1900. The molecule has 1 aliphatic carbocycles. The highest BCUT2D eigenvalue weighted by molar-refractivity contribution is 6.17. The summed E-state index contributed by atoms with van der Waals surface area (Å²) < 4.78 is 10.8. The Balaban J connectivity index is 1.14. The summed E-state index contributed by atoms with van der Waals surface area (Å²) in [5.41, 5.74) is 9.43. The van der Waals surface area contributed by atoms with Crippen molar-refractivity contribution in [3.63, 3.8) is 0 Å². The lowest BCUT2D eigenvalue weighted by Crippen LogP contribution is -2.50. The van der Waals surface area contributed by atoms with Gasteiger partial charge in [0.1, 0.15) is 11.4 Å². The molecule has 3 amide bonds. The molecule has 0 unspecified atom stereocenters. The fraction of sp³-hybridized carbons (Fsp3) is 0.447. The molecule has 13 heteroatoms. The van der Waals surface area contributed by atoms with Crippen LogP contribution in [0.5, 0.6) is 0 Å². The normalized spacial score (nSPS) is 18.6. The van der Waals surface area contributed by atoms with E-state index >= 15 is 0 Å². The molecular weight excluding hydrogens is 650 g/mol. The number of rotatable bonds is 9. The van der Waals surface area contributed by atoms with Gasteiger partial charge in [-0.1, -0.05) is 24.3 Å². The quantitative estimate of drug-likeness (QED) is 0.196. The van der Waals surface area contributed by atoms with Gasteiger partial charge in [-0.3, -0.25) is 24.6 Å². The van der Waals surface area contributed by atoms with Gasteiger partial charge in [-0.15, -0.1) is 0 Å². The first-order valence-electron chi connectivity index (χ1n) is 17.6. The van der Waals surface area contributed by atoms with Crippen LogP contribution in [0.15, 0.2) is 65.6 Å². The number of ether oxygens (including phenoxy) is 2. The van der Waals surface area contributed by atoms with Gasteiger partial charge in [-0.05, 0) is 106 Å². The summed E-state index contributed by atoms with van der Waals surface area (Å²) in [5, 5.41) is 8.63. The first-order chi connectivity index (χ1) is 24.4. The largest absolute Gasteiger partial charge is 0.444 e. The van der Waals surface area contributed by atoms with Crippen molar-refractivity contribution in [3.05, 3.63) is 76.7 Å². The Morgan fingerprint density at radius 2 is 1.73 bits per heavy atom. The molecule has 0 spiro atoms. The third-order valence-electron chi connectivity index (χ3n) is 9.53. The van der Waals surface area contributed by atoms with Crippen molar-refractivity contribution in [1.82, 2.24) is 20.5 Å². The number of nitrogens with zero attached hydrogens (tertiary/aromatic N) is 3. The molecule has 51 heavy (non-hydrogen) atoms. The number of nitrogens with one attached hydrogen (secondary N) is 3. The molecular formula is C38H47N7O6. The summed E-state index contributed by atoms with van der Waals surface area (Å²) in [5.74, 6) is -0.142. The van der Waals surface area contributed by atoms with Crippen molar-refractivity contribution >= 4 is 40.3 Å². The third kappa shape index (κ3) is 8.84. The number of fused-ring (bicyclic) bond motifs is 1. The van der Waals surface area contributed by atoms with E-state index in [1.165, 1.54) is 4.90 Å². The second-order valence-electron chi connectivity index (χ2n) is 14.4. The SMILES string of the molecule is CC(C)(C)OC(=O)NCC1CCC(C(=O)N(C(=O)[C@@H](N)Cc2ccc(-c3ccnc(N4CCOCC4)c3)cc2)c2ccc3c(=O)[nH][nH]c3c2)CC1. The van der Waals surface area contributed by atoms with Gasteiger partial charge in [-0.2, -0.15) is 0 Å². The Kier molecular flexibility index (Phi) is 10.9. The smallest absolute Gasteiger partial charge is 0.407 e. The van der Waals surface area contributed by atoms with Crippen molar-refractivity contribution in [2.24, 2.45) is 17.6 Å². The summed E-state index contributed by atoms with van der Waals surface area (Å²) in [6.45, 7) is 8.85. The van der Waals surface area contributed by atoms with Gasteiger partial charge in [0.05, 0.1) is 35.8 Å². The summed E-state index contributed by atoms with van der Waals surface area (Å²) in [7, 11) is 0. The molecule has 13 nitrogen and oxygen atoms in total. The molecule has 270 valence electrons. The zero-order valence-electron chi connectivity index (χ0n) is 29.4. The predicted molar refractivity (Wildman–Crippen MR) is 195 cm³/mol. The first kappa shape index (κ1) is 35.8. The Morgan fingerprint density at radius 3 is 2.43 bits per heavy atom. The average molecular weight is 698 g/mol. The van der Waals surface area contributed by atoms with Crippen LogP contribution in [0.2, 0.25) is 0 Å². The van der Waals surface area contributed by atoms with Crippen LogP contribution in [0.3, 0.4) is 0 Å². The zero-order chi connectivity index (χ0) is 36.1. The summed E-state index contributed by atoms with van der Waals surface area (Å²) in [6, 6.07) is 15.8. The molecule has 3 heterocycles. The lowest BCUT2D eigenvalue weighted by atomic mass is 9.81. The lowest BCUT2D eigenvalue weighted by molar-refractivity contribution is -0.130. The second kappa shape index (κ2) is 15.5. The van der Waals surface area contributed by atoms with Gasteiger partial charge in [0.25, 0.3) is 11.5 Å². The molecule has 0 radical (unpaired) electrons. The maximum absolute atomic E-state index is 14.2. The van der Waals surface area contributed by atoms with Crippen LogP contribution in [0.4, 0.5) is 16.3 Å². The fourth-order valence-corrected chi connectivity index (χ4v) is 6.77. The van der Waals surface area contributed by atoms with Gasteiger partial charge < -0.3 is 25.4 Å². The van der Waals surface area contributed by atoms with Crippen molar-refractivity contribution in [2.75, 3.05) is 42.6 Å². The number of carbonyl (C=O) groups excluding carboxylic acids is 3. The van der Waals surface area contributed by atoms with E-state index in [2.05, 4.69) is 31.5 Å². The number of aromatic nitrogens is 3. The van der Waals surface area contributed by atoms with E-state index in [1.54, 1.807) is 18.2 Å². The molecule has 5 N–H and O–H groups in total. The monoisotopic (exact) mass is 697 g/mol. The van der Waals surface area contributed by atoms with E-state index in [0.29, 0.717) is 62.0 Å². The number of pyridine rings is 1. The highest BCUT2D eigenvalue weighted by atomic mass is 16.6. The first-order valence-corrected chi connectivity index (χ1v) is 17.6. The van der Waals surface area contributed by atoms with Crippen LogP contribution in [0.1, 0.15) is 52.0 Å². The number of imide groups is 1. The number of morpholine rings is 1. The lowest BCUT2D eigenvalue weighted by Gasteiger charge is -2.32. The molecule has 1 atom stereocenters. The molecule has 1 saturated carbocycles. The number of hydrogen-bond donors (Lipinski definition) is 4. The van der Waals surface area contributed by atoms with Gasteiger partial charge in [0.15, 0.2) is 0 Å². The maximum atomic E-state index is 14.2. The van der Waals surface area contributed by atoms with E-state index in [-0.39, 0.29) is 23.8 Å². The molecule has 1 aliphatic heterocycles. The Labute approximate surface area is 296 Å². The van der Waals surface area contributed by atoms with Gasteiger partial charge in [-0.25, -0.2) is 14.7 Å². The standard InChI is InChI=1S/C38H47N7O6/c1-38(2,3)51-37(49)41-23-25-6-10-27(11-7-25)35(47)45(29-12-13-30-32(22-29)42-43-34(30)46)36(48)31(39)20-24-4-8-26(9-5-24)28-14-15-40-33(21-28)44-16-18-50-19-17-44/h4-5,8-9,12-15,21-22,25,27,31H,6-7,10-11,16-20,23,39H2,1-3H3,(H,41,49)(H2,42,43,46)/t25?,27?,31-/m0/s1. The van der Waals surface area contributed by atoms with Gasteiger partial charge >= 0.3 is 6.09 Å². The number of alkyl carbamates (subject to hydrolysis) is 1. The minimum Gasteiger partial charge on any atom is -0.444 e. The van der Waals surface area contributed by atoms with Crippen LogP contribution < -0.4 is 26.4 Å². The van der Waals surface area contributed by atoms with E-state index < -0.39 is 29.6 Å². The Hall–Kier alpha value is -5.01. The molecule has 2 aliphatic rings. The second-order valence-corrected chi connectivity index (χ2v) is 14.4. The number of benzene rings is 2. The van der Waals surface area contributed by atoms with Gasteiger partial charge in [0.2, 0.25) is 5.91 Å². The molecule has 4 aromatic rings. The molecule has 2 aromatic carbocycles. The number of aromatic amines is 2. The van der Waals surface area contributed by atoms with E-state index in [4.69, 9.17) is 15.2 Å². The zero-order valence-corrected chi connectivity index (χ0v) is 29.4. The molecule has 2 fully saturated rings. The van der Waals surface area contributed by atoms with Crippen LogP contribution in [-0.4, -0.2) is 77.6 Å². The number of carbonyl (C=O) groups is 3. The topological polar surface area (TPSA) is 176 Å². The average Bonchev–Trinajstić information content (AvgIpc) is 3.50. The fourth-order valence-electron chi connectivity index (χ4n) is 6.77. The molecule has 1 saturated heterocycles. The van der Waals surface area contributed by atoms with Gasteiger partial charge in [0, 0.05) is 31.7 Å². The summed E-state index contributed by atoms with van der Waals surface area (Å²) in [4.78, 5) is 60.6. The van der Waals surface area contributed by atoms with Crippen molar-refractivity contribution in [3.8, 4) is 11.1 Å². The summed E-state index contributed by atoms with van der Waals surface area (Å²) >= 11 is 0. The van der Waals surface area contributed by atoms with Crippen LogP contribution in [0, 0.1) is 11.8 Å². The minimum atomic E-state index is -0.996. The summed E-state index contributed by atoms with van der Waals surface area (Å²) in [6.07, 6.45) is 4.11. The number of nitrogens with two attached hydrogens (primary N) is 1. The van der Waals surface area contributed by atoms with Crippen molar-refractivity contribution < 1.29 is 23.9 Å². The number of H-pyrrole nitrogens is 2. The minimum absolute atomic E-state index is 0.190. The van der Waals surface area contributed by atoms with E-state index in [1.807, 2.05) is 57.3 Å². The van der Waals surface area contributed by atoms with Crippen molar-refractivity contribution in [2.45, 2.75) is 64.5 Å². The molecule has 0 bridgehead atoms. The maximum Gasteiger partial charge on any atom is 0.407 e. The van der Waals surface area contributed by atoms with Crippen LogP contribution in [0.25, 0.3) is 22.0 Å². The van der Waals surface area contributed by atoms with E-state index in [9.17, 15) is 19.2 Å². The third-order valence-corrected chi connectivity index (χ3v) is 9.53. The highest BCUT2D eigenvalue weighted by Gasteiger charge is 2.35. The van der Waals surface area contributed by atoms with E-state index in [0.717, 1.165) is 35.6 Å². The molecule has 2 aromatic heterocycles. The van der Waals surface area contributed by atoms with Crippen LogP contribution >= 0.6 is 0 Å². The number of anilines is 2. The highest BCUT2D eigenvalue weighted by Crippen LogP contribution is 2.32. The number of amides is 3.